The molecule has 0 aromatic carbocycles. The van der Waals surface area contributed by atoms with Gasteiger partial charge in [-0.3, -0.25) is 0 Å². The normalized spacial score (nSPS) is 37.0. The van der Waals surface area contributed by atoms with Crippen LogP contribution in [0.15, 0.2) is 9.31 Å². The Kier molecular flexibility index (Phi) is 2.85. The molecule has 0 radical (unpaired) electrons. The summed E-state index contributed by atoms with van der Waals surface area (Å²) in [5.74, 6) is 3.68. The minimum absolute atomic E-state index is 0.140. The molecule has 4 unspecified atom stereocenters. The molecule has 1 heterocycles. The zero-order valence-electron chi connectivity index (χ0n) is 12.4. The maximum Gasteiger partial charge on any atom is 0.244 e. The van der Waals surface area contributed by atoms with Crippen LogP contribution < -0.4 is 10.5 Å². The average Bonchev–Trinajstić information content (AvgIpc) is 2.79. The molecule has 4 atom stereocenters. The van der Waals surface area contributed by atoms with Crippen molar-refractivity contribution in [1.29, 1.82) is 0 Å². The Labute approximate surface area is 125 Å². The van der Waals surface area contributed by atoms with Crippen LogP contribution in [0.25, 0.3) is 0 Å². The van der Waals surface area contributed by atoms with Gasteiger partial charge in [-0.1, -0.05) is 0 Å². The van der Waals surface area contributed by atoms with E-state index in [2.05, 4.69) is 4.72 Å². The quantitative estimate of drug-likeness (QED) is 0.886. The maximum atomic E-state index is 12.7. The lowest BCUT2D eigenvalue weighted by atomic mass is 10.0. The van der Waals surface area contributed by atoms with E-state index in [0.717, 1.165) is 11.8 Å². The van der Waals surface area contributed by atoms with Crippen LogP contribution >= 0.6 is 0 Å². The fraction of sp³-hybridized carbons (Fsp3) is 0.733. The van der Waals surface area contributed by atoms with Crippen molar-refractivity contribution in [3.8, 4) is 0 Å². The third kappa shape index (κ3) is 1.85. The van der Waals surface area contributed by atoms with Crippen LogP contribution in [-0.4, -0.2) is 14.5 Å². The number of sulfonamides is 1. The Balaban J connectivity index is 1.61. The minimum atomic E-state index is -3.53. The van der Waals surface area contributed by atoms with E-state index in [4.69, 9.17) is 10.2 Å². The van der Waals surface area contributed by atoms with Crippen molar-refractivity contribution in [2.45, 2.75) is 50.6 Å². The van der Waals surface area contributed by atoms with Crippen molar-refractivity contribution >= 4 is 10.0 Å². The van der Waals surface area contributed by atoms with Crippen molar-refractivity contribution in [2.75, 3.05) is 0 Å². The molecule has 1 aromatic heterocycles. The summed E-state index contributed by atoms with van der Waals surface area (Å²) in [4.78, 5) is 0.264. The van der Waals surface area contributed by atoms with Crippen LogP contribution in [0.1, 0.15) is 36.3 Å². The first-order chi connectivity index (χ1) is 9.94. The summed E-state index contributed by atoms with van der Waals surface area (Å²) >= 11 is 0. The van der Waals surface area contributed by atoms with Crippen LogP contribution in [0.2, 0.25) is 0 Å². The fourth-order valence-electron chi connectivity index (χ4n) is 5.02. The third-order valence-corrected chi connectivity index (χ3v) is 7.48. The summed E-state index contributed by atoms with van der Waals surface area (Å²) in [6, 6.07) is 0.140. The highest BCUT2D eigenvalue weighted by Gasteiger charge is 2.65. The van der Waals surface area contributed by atoms with Gasteiger partial charge < -0.3 is 10.2 Å². The van der Waals surface area contributed by atoms with E-state index in [1.807, 2.05) is 0 Å². The highest BCUT2D eigenvalue weighted by Crippen LogP contribution is 2.65. The Morgan fingerprint density at radius 3 is 2.38 bits per heavy atom. The smallest absolute Gasteiger partial charge is 0.244 e. The third-order valence-electron chi connectivity index (χ3n) is 5.82. The van der Waals surface area contributed by atoms with Crippen molar-refractivity contribution in [3.63, 3.8) is 0 Å². The molecule has 3 aliphatic rings. The Bertz CT molecular complexity index is 678. The molecule has 3 fully saturated rings. The van der Waals surface area contributed by atoms with Gasteiger partial charge in [-0.05, 0) is 56.8 Å². The highest BCUT2D eigenvalue weighted by molar-refractivity contribution is 7.89. The topological polar surface area (TPSA) is 85.3 Å². The van der Waals surface area contributed by atoms with Crippen LogP contribution in [0.5, 0.6) is 0 Å². The van der Waals surface area contributed by atoms with Crippen LogP contribution in [-0.2, 0) is 16.6 Å². The largest absolute Gasteiger partial charge is 0.465 e. The van der Waals surface area contributed by atoms with Gasteiger partial charge in [0.15, 0.2) is 0 Å². The molecule has 3 aliphatic carbocycles. The zero-order valence-corrected chi connectivity index (χ0v) is 13.2. The fourth-order valence-corrected chi connectivity index (χ4v) is 6.78. The lowest BCUT2D eigenvalue weighted by Gasteiger charge is -2.11. The molecular weight excluding hydrogens is 288 g/mol. The number of nitrogens with two attached hydrogens (primary N) is 1. The van der Waals surface area contributed by atoms with Gasteiger partial charge in [-0.2, -0.15) is 0 Å². The van der Waals surface area contributed by atoms with Crippen LogP contribution in [0.3, 0.4) is 0 Å². The van der Waals surface area contributed by atoms with E-state index in [1.54, 1.807) is 13.8 Å². The number of fused-ring (bicyclic) bond motifs is 5. The predicted molar refractivity (Wildman–Crippen MR) is 78.0 cm³/mol. The summed E-state index contributed by atoms with van der Waals surface area (Å²) in [6.07, 6.45) is 3.87. The van der Waals surface area contributed by atoms with Crippen molar-refractivity contribution < 1.29 is 12.8 Å². The predicted octanol–water partition coefficient (Wildman–Crippen LogP) is 1.68. The van der Waals surface area contributed by atoms with E-state index < -0.39 is 10.0 Å². The van der Waals surface area contributed by atoms with Crippen LogP contribution in [0.4, 0.5) is 0 Å². The summed E-state index contributed by atoms with van der Waals surface area (Å²) < 4.78 is 33.9. The number of rotatable bonds is 4. The molecule has 6 heteroatoms. The summed E-state index contributed by atoms with van der Waals surface area (Å²) in [6.45, 7) is 3.64. The highest BCUT2D eigenvalue weighted by atomic mass is 32.2. The van der Waals surface area contributed by atoms with Crippen molar-refractivity contribution in [2.24, 2.45) is 29.4 Å². The van der Waals surface area contributed by atoms with Gasteiger partial charge in [0, 0.05) is 18.2 Å². The van der Waals surface area contributed by atoms with E-state index in [1.165, 1.54) is 19.3 Å². The first-order valence-electron chi connectivity index (χ1n) is 7.75. The van der Waals surface area contributed by atoms with Gasteiger partial charge >= 0.3 is 0 Å². The maximum absolute atomic E-state index is 12.7. The lowest BCUT2D eigenvalue weighted by molar-refractivity contribution is 0.456. The lowest BCUT2D eigenvalue weighted by Crippen LogP contribution is -2.31. The molecular formula is C15H22N2O3S. The van der Waals surface area contributed by atoms with Gasteiger partial charge in [-0.25, -0.2) is 13.1 Å². The second-order valence-electron chi connectivity index (χ2n) is 6.86. The van der Waals surface area contributed by atoms with Gasteiger partial charge in [0.1, 0.15) is 16.4 Å². The molecule has 0 aliphatic heterocycles. The number of aryl methyl sites for hydroxylation is 2. The second-order valence-corrected chi connectivity index (χ2v) is 8.51. The summed E-state index contributed by atoms with van der Waals surface area (Å²) in [7, 11) is -3.53. The molecule has 1 aromatic rings. The van der Waals surface area contributed by atoms with E-state index >= 15 is 0 Å². The summed E-state index contributed by atoms with van der Waals surface area (Å²) in [5.41, 5.74) is 6.31. The van der Waals surface area contributed by atoms with Gasteiger partial charge in [-0.15, -0.1) is 0 Å². The first-order valence-corrected chi connectivity index (χ1v) is 9.23. The second kappa shape index (κ2) is 4.33. The van der Waals surface area contributed by atoms with Crippen molar-refractivity contribution in [1.82, 2.24) is 4.72 Å². The van der Waals surface area contributed by atoms with E-state index in [-0.39, 0.29) is 17.5 Å². The number of hydrogen-bond donors (Lipinski definition) is 2. The Hall–Kier alpha value is -0.850. The monoisotopic (exact) mass is 310 g/mol. The molecule has 0 amide bonds. The van der Waals surface area contributed by atoms with Crippen molar-refractivity contribution in [3.05, 3.63) is 17.1 Å². The van der Waals surface area contributed by atoms with Gasteiger partial charge in [0.05, 0.1) is 0 Å². The minimum Gasteiger partial charge on any atom is -0.465 e. The average molecular weight is 310 g/mol. The Morgan fingerprint density at radius 1 is 1.19 bits per heavy atom. The van der Waals surface area contributed by atoms with Gasteiger partial charge in [0.25, 0.3) is 0 Å². The molecule has 3 N–H and O–H groups in total. The van der Waals surface area contributed by atoms with Crippen LogP contribution in [0, 0.1) is 37.5 Å². The van der Waals surface area contributed by atoms with E-state index in [9.17, 15) is 8.42 Å². The molecule has 0 spiro atoms. The first kappa shape index (κ1) is 13.8. The Morgan fingerprint density at radius 2 is 1.81 bits per heavy atom. The standard InChI is InChI=1S/C15H22N2O3S/c1-7-11(6-16)15(8(2)20-7)21(18,19)17-14-12-9-3-4-10(5-9)13(12)14/h9-10,12-14,17H,3-6,16H2,1-2H3. The SMILES string of the molecule is Cc1oc(C)c(S(=O)(=O)NC2C3C4CCC(C4)C23)c1CN. The molecule has 2 bridgehead atoms. The molecule has 5 nitrogen and oxygen atoms in total. The molecule has 21 heavy (non-hydrogen) atoms. The number of furan rings is 1. The zero-order chi connectivity index (χ0) is 14.9. The molecule has 116 valence electrons. The molecule has 3 saturated carbocycles. The molecule has 4 rings (SSSR count). The van der Waals surface area contributed by atoms with Gasteiger partial charge in [0.2, 0.25) is 10.0 Å². The number of nitrogens with one attached hydrogen (secondary N) is 1. The number of hydrogen-bond acceptors (Lipinski definition) is 4. The summed E-state index contributed by atoms with van der Waals surface area (Å²) in [5, 5.41) is 0. The molecule has 0 saturated heterocycles. The van der Waals surface area contributed by atoms with E-state index in [0.29, 0.717) is 28.9 Å².